The number of hydrogen-bond acceptors (Lipinski definition) is 7. The van der Waals surface area contributed by atoms with E-state index in [2.05, 4.69) is 88.8 Å². The second-order valence-electron chi connectivity index (χ2n) is 10.8. The van der Waals surface area contributed by atoms with Crippen molar-refractivity contribution in [2.24, 2.45) is 0 Å². The third-order valence-electron chi connectivity index (χ3n) is 7.53. The van der Waals surface area contributed by atoms with Crippen molar-refractivity contribution >= 4 is 34.0 Å². The summed E-state index contributed by atoms with van der Waals surface area (Å²) in [5, 5.41) is 2.08. The highest BCUT2D eigenvalue weighted by Crippen LogP contribution is 2.47. The first kappa shape index (κ1) is 29.8. The van der Waals surface area contributed by atoms with Gasteiger partial charge in [-0.05, 0) is 37.6 Å². The van der Waals surface area contributed by atoms with Gasteiger partial charge in [0.05, 0.1) is 31.7 Å². The average molecular weight is 560 g/mol. The molecule has 0 radical (unpaired) electrons. The number of methoxy groups -OCH3 is 2. The van der Waals surface area contributed by atoms with Crippen LogP contribution in [-0.2, 0) is 9.53 Å². The largest absolute Gasteiger partial charge is 0.496 e. The zero-order valence-corrected chi connectivity index (χ0v) is 25.9. The molecule has 41 heavy (non-hydrogen) atoms. The van der Waals surface area contributed by atoms with Gasteiger partial charge in [0.15, 0.2) is 0 Å². The number of fused-ring (bicyclic) bond motifs is 2. The van der Waals surface area contributed by atoms with Crippen LogP contribution in [0.25, 0.3) is 33.4 Å². The normalized spacial score (nSPS) is 11.0. The number of carbonyl (C=O) groups is 1. The fourth-order valence-electron chi connectivity index (χ4n) is 5.21. The van der Waals surface area contributed by atoms with E-state index in [9.17, 15) is 4.79 Å². The summed E-state index contributed by atoms with van der Waals surface area (Å²) in [4.78, 5) is 18.2. The Morgan fingerprint density at radius 3 is 2.27 bits per heavy atom. The zero-order chi connectivity index (χ0) is 29.8. The van der Waals surface area contributed by atoms with E-state index in [1.165, 1.54) is 7.11 Å². The molecule has 0 spiro atoms. The quantitative estimate of drug-likeness (QED) is 0.151. The summed E-state index contributed by atoms with van der Waals surface area (Å²) in [6.07, 6.45) is 1.09. The molecule has 2 aromatic carbocycles. The molecule has 218 valence electrons. The predicted molar refractivity (Wildman–Crippen MR) is 170 cm³/mol. The van der Waals surface area contributed by atoms with Crippen molar-refractivity contribution in [1.29, 1.82) is 0 Å². The summed E-state index contributed by atoms with van der Waals surface area (Å²) < 4.78 is 19.6. The minimum Gasteiger partial charge on any atom is -0.496 e. The summed E-state index contributed by atoms with van der Waals surface area (Å²) in [5.41, 5.74) is 7.08. The number of esters is 1. The van der Waals surface area contributed by atoms with Gasteiger partial charge in [-0.2, -0.15) is 0 Å². The maximum absolute atomic E-state index is 11.7. The Morgan fingerprint density at radius 1 is 0.902 bits per heavy atom. The van der Waals surface area contributed by atoms with Gasteiger partial charge in [0, 0.05) is 93.7 Å². The molecule has 0 atom stereocenters. The first-order valence-corrected chi connectivity index (χ1v) is 14.0. The molecule has 8 nitrogen and oxygen atoms in total. The van der Waals surface area contributed by atoms with Crippen molar-refractivity contribution in [3.8, 4) is 28.2 Å². The van der Waals surface area contributed by atoms with E-state index < -0.39 is 0 Å². The minimum absolute atomic E-state index is 0.190. The average Bonchev–Trinajstić information content (AvgIpc) is 2.96. The van der Waals surface area contributed by atoms with E-state index in [0.717, 1.165) is 74.7 Å². The lowest BCUT2D eigenvalue weighted by atomic mass is 9.92. The smallest absolute Gasteiger partial charge is 0.305 e. The van der Waals surface area contributed by atoms with Gasteiger partial charge in [-0.15, -0.1) is 0 Å². The Kier molecular flexibility index (Phi) is 9.11. The number of hydrogen-bond donors (Lipinski definition) is 0. The number of benzene rings is 3. The lowest BCUT2D eigenvalue weighted by Gasteiger charge is -2.30. The molecule has 0 unspecified atom stereocenters. The maximum atomic E-state index is 11.7. The molecule has 0 amide bonds. The van der Waals surface area contributed by atoms with E-state index in [1.807, 2.05) is 28.2 Å². The Labute approximate surface area is 243 Å². The molecule has 0 aromatic heterocycles. The fraction of sp³-hybridized carbons (Fsp3) is 0.394. The fourth-order valence-corrected chi connectivity index (χ4v) is 5.21. The van der Waals surface area contributed by atoms with Gasteiger partial charge >= 0.3 is 5.97 Å². The number of carbonyl (C=O) groups excluding carboxylic acids is 1. The van der Waals surface area contributed by atoms with Gasteiger partial charge in [-0.25, -0.2) is 4.58 Å². The Balaban J connectivity index is 2.00. The SMILES string of the molecule is CCN(CCCC(=O)OC)c1cc(OC)c(-c2c3ccc(=[N+](C)C)cc-3oc3cc(N(C)C)ccc23)cc1N(C)C. The second-order valence-corrected chi connectivity index (χ2v) is 10.8. The van der Waals surface area contributed by atoms with E-state index in [4.69, 9.17) is 13.9 Å². The highest BCUT2D eigenvalue weighted by atomic mass is 16.5. The molecule has 1 aliphatic carbocycles. The molecule has 1 heterocycles. The summed E-state index contributed by atoms with van der Waals surface area (Å²) >= 11 is 0. The summed E-state index contributed by atoms with van der Waals surface area (Å²) in [6.45, 7) is 3.65. The molecule has 1 aliphatic heterocycles. The van der Waals surface area contributed by atoms with Gasteiger partial charge in [0.2, 0.25) is 5.36 Å². The molecule has 0 bridgehead atoms. The monoisotopic (exact) mass is 559 g/mol. The predicted octanol–water partition coefficient (Wildman–Crippen LogP) is 5.16. The second kappa shape index (κ2) is 12.5. The van der Waals surface area contributed by atoms with E-state index in [-0.39, 0.29) is 5.97 Å². The molecule has 4 rings (SSSR count). The molecule has 0 saturated carbocycles. The third kappa shape index (κ3) is 6.11. The lowest BCUT2D eigenvalue weighted by Crippen LogP contribution is -2.27. The van der Waals surface area contributed by atoms with Gasteiger partial charge in [0.25, 0.3) is 0 Å². The Morgan fingerprint density at radius 2 is 1.66 bits per heavy atom. The van der Waals surface area contributed by atoms with Crippen LogP contribution in [0, 0.1) is 0 Å². The van der Waals surface area contributed by atoms with E-state index in [0.29, 0.717) is 12.8 Å². The molecule has 2 aliphatic rings. The van der Waals surface area contributed by atoms with Crippen LogP contribution < -0.4 is 29.4 Å². The van der Waals surface area contributed by atoms with Crippen LogP contribution >= 0.6 is 0 Å². The molecule has 8 heteroatoms. The molecule has 0 N–H and O–H groups in total. The number of rotatable bonds is 10. The maximum Gasteiger partial charge on any atom is 0.305 e. The van der Waals surface area contributed by atoms with Crippen molar-refractivity contribution in [1.82, 2.24) is 4.58 Å². The molecular weight excluding hydrogens is 516 g/mol. The van der Waals surface area contributed by atoms with Crippen molar-refractivity contribution in [3.63, 3.8) is 0 Å². The highest BCUT2D eigenvalue weighted by Gasteiger charge is 2.24. The van der Waals surface area contributed by atoms with Gasteiger partial charge in [0.1, 0.15) is 31.2 Å². The summed E-state index contributed by atoms with van der Waals surface area (Å²) in [7, 11) is 15.4. The number of ether oxygens (including phenoxy) is 2. The van der Waals surface area contributed by atoms with Crippen molar-refractivity contribution in [2.75, 3.05) is 84.3 Å². The number of nitrogens with zero attached hydrogens (tertiary/aromatic N) is 4. The van der Waals surface area contributed by atoms with E-state index in [1.54, 1.807) is 7.11 Å². The van der Waals surface area contributed by atoms with Crippen LogP contribution in [0.1, 0.15) is 19.8 Å². The van der Waals surface area contributed by atoms with Crippen LogP contribution in [0.3, 0.4) is 0 Å². The van der Waals surface area contributed by atoms with Crippen LogP contribution in [0.5, 0.6) is 5.75 Å². The van der Waals surface area contributed by atoms with Crippen LogP contribution in [0.4, 0.5) is 17.1 Å². The van der Waals surface area contributed by atoms with Crippen LogP contribution in [-0.4, -0.2) is 75.6 Å². The number of anilines is 3. The van der Waals surface area contributed by atoms with Crippen molar-refractivity contribution in [3.05, 3.63) is 53.9 Å². The third-order valence-corrected chi connectivity index (χ3v) is 7.53. The Hall–Kier alpha value is -4.20. The molecular formula is C33H43N4O4+. The standard InChI is InChI=1S/C33H43N4O4/c1-10-37(17-11-12-32(38)40-9)28-21-29(39-8)26(20-27(28)36(6)7)33-24-15-13-22(34(2)3)18-30(24)41-31-19-23(35(4)5)14-16-25(31)33/h13-16,18-21H,10-12,17H2,1-9H3/q+1. The first-order chi connectivity index (χ1) is 19.6. The Bertz CT molecular complexity index is 1580. The van der Waals surface area contributed by atoms with Gasteiger partial charge in [-0.1, -0.05) is 0 Å². The highest BCUT2D eigenvalue weighted by molar-refractivity contribution is 6.05. The topological polar surface area (TPSA) is 61.4 Å². The molecule has 0 saturated heterocycles. The van der Waals surface area contributed by atoms with Crippen molar-refractivity contribution in [2.45, 2.75) is 19.8 Å². The van der Waals surface area contributed by atoms with Gasteiger partial charge < -0.3 is 28.6 Å². The summed E-state index contributed by atoms with van der Waals surface area (Å²) in [6, 6.07) is 17.0. The van der Waals surface area contributed by atoms with Crippen LogP contribution in [0.15, 0.2) is 52.9 Å². The van der Waals surface area contributed by atoms with E-state index >= 15 is 0 Å². The molecule has 2 aromatic rings. The zero-order valence-electron chi connectivity index (χ0n) is 25.9. The van der Waals surface area contributed by atoms with Gasteiger partial charge in [-0.3, -0.25) is 4.79 Å². The molecule has 0 fully saturated rings. The van der Waals surface area contributed by atoms with Crippen LogP contribution in [0.2, 0.25) is 0 Å². The lowest BCUT2D eigenvalue weighted by molar-refractivity contribution is -0.140. The first-order valence-electron chi connectivity index (χ1n) is 14.0. The van der Waals surface area contributed by atoms with Crippen molar-refractivity contribution < 1.29 is 18.7 Å². The minimum atomic E-state index is -0.190. The summed E-state index contributed by atoms with van der Waals surface area (Å²) in [5.74, 6) is 1.40.